The standard InChI is InChI=1S/C21H33NO5/c1-13(2)22-12-15(23)14-9-10-16(26-18(24)20(3,4)5)17(11-14)27-19(25)21(6,7)8/h9-11,13,15,22-23H,12H2,1-8H3/t15-/m0/s1. The first kappa shape index (κ1) is 23.1. The van der Waals surface area contributed by atoms with Gasteiger partial charge in [-0.05, 0) is 59.2 Å². The Morgan fingerprint density at radius 1 is 0.963 bits per heavy atom. The number of esters is 2. The Kier molecular flexibility index (Phi) is 7.57. The van der Waals surface area contributed by atoms with Crippen molar-refractivity contribution >= 4 is 11.9 Å². The van der Waals surface area contributed by atoms with Crippen LogP contribution in [0.25, 0.3) is 0 Å². The minimum Gasteiger partial charge on any atom is -0.422 e. The minimum atomic E-state index is -0.785. The van der Waals surface area contributed by atoms with Crippen LogP contribution in [0.15, 0.2) is 18.2 Å². The van der Waals surface area contributed by atoms with E-state index in [2.05, 4.69) is 5.32 Å². The summed E-state index contributed by atoms with van der Waals surface area (Å²) in [5.74, 6) is -0.623. The van der Waals surface area contributed by atoms with Crippen LogP contribution in [0.4, 0.5) is 0 Å². The molecule has 6 heteroatoms. The lowest BCUT2D eigenvalue weighted by molar-refractivity contribution is -0.145. The van der Waals surface area contributed by atoms with Gasteiger partial charge in [-0.15, -0.1) is 0 Å². The number of ether oxygens (including phenoxy) is 2. The molecule has 0 fully saturated rings. The molecule has 0 bridgehead atoms. The average Bonchev–Trinajstić information content (AvgIpc) is 2.52. The summed E-state index contributed by atoms with van der Waals surface area (Å²) in [5.41, 5.74) is -0.862. The number of aliphatic hydroxyl groups excluding tert-OH is 1. The smallest absolute Gasteiger partial charge is 0.316 e. The molecule has 0 saturated heterocycles. The third-order valence-electron chi connectivity index (χ3n) is 3.70. The van der Waals surface area contributed by atoms with Crippen molar-refractivity contribution in [3.05, 3.63) is 23.8 Å². The van der Waals surface area contributed by atoms with Crippen LogP contribution in [-0.2, 0) is 9.59 Å². The van der Waals surface area contributed by atoms with Crippen molar-refractivity contribution in [2.45, 2.75) is 67.5 Å². The van der Waals surface area contributed by atoms with Crippen LogP contribution in [0, 0.1) is 10.8 Å². The van der Waals surface area contributed by atoms with Gasteiger partial charge in [-0.25, -0.2) is 0 Å². The van der Waals surface area contributed by atoms with Crippen LogP contribution >= 0.6 is 0 Å². The van der Waals surface area contributed by atoms with Gasteiger partial charge < -0.3 is 19.9 Å². The second-order valence-corrected chi connectivity index (χ2v) is 9.06. The largest absolute Gasteiger partial charge is 0.422 e. The van der Waals surface area contributed by atoms with Gasteiger partial charge in [0.1, 0.15) is 0 Å². The molecule has 1 aromatic rings. The predicted molar refractivity (Wildman–Crippen MR) is 105 cm³/mol. The zero-order chi connectivity index (χ0) is 21.0. The third kappa shape index (κ3) is 7.31. The fourth-order valence-electron chi connectivity index (χ4n) is 1.87. The van der Waals surface area contributed by atoms with Crippen LogP contribution in [0.1, 0.15) is 67.1 Å². The molecular weight excluding hydrogens is 346 g/mol. The molecule has 1 aromatic carbocycles. The van der Waals surface area contributed by atoms with E-state index in [1.165, 1.54) is 0 Å². The highest BCUT2D eigenvalue weighted by atomic mass is 16.6. The number of hydrogen-bond donors (Lipinski definition) is 2. The summed E-state index contributed by atoms with van der Waals surface area (Å²) in [6, 6.07) is 4.97. The van der Waals surface area contributed by atoms with Crippen molar-refractivity contribution in [1.29, 1.82) is 0 Å². The summed E-state index contributed by atoms with van der Waals surface area (Å²) >= 11 is 0. The van der Waals surface area contributed by atoms with E-state index < -0.39 is 28.9 Å². The molecule has 1 atom stereocenters. The van der Waals surface area contributed by atoms with Crippen molar-refractivity contribution < 1.29 is 24.2 Å². The number of hydrogen-bond acceptors (Lipinski definition) is 6. The highest BCUT2D eigenvalue weighted by Crippen LogP contribution is 2.34. The second kappa shape index (κ2) is 8.85. The normalized spacial score (nSPS) is 13.4. The molecule has 27 heavy (non-hydrogen) atoms. The van der Waals surface area contributed by atoms with E-state index >= 15 is 0 Å². The lowest BCUT2D eigenvalue weighted by Crippen LogP contribution is -2.29. The first-order valence-electron chi connectivity index (χ1n) is 9.21. The monoisotopic (exact) mass is 379 g/mol. The van der Waals surface area contributed by atoms with Crippen LogP contribution in [0.2, 0.25) is 0 Å². The molecule has 1 rings (SSSR count). The van der Waals surface area contributed by atoms with Gasteiger partial charge in [-0.3, -0.25) is 9.59 Å². The summed E-state index contributed by atoms with van der Waals surface area (Å²) < 4.78 is 10.9. The molecule has 0 spiro atoms. The van der Waals surface area contributed by atoms with Gasteiger partial charge in [0, 0.05) is 12.6 Å². The van der Waals surface area contributed by atoms with Crippen LogP contribution in [0.5, 0.6) is 11.5 Å². The average molecular weight is 379 g/mol. The quantitative estimate of drug-likeness (QED) is 0.580. The zero-order valence-corrected chi connectivity index (χ0v) is 17.7. The lowest BCUT2D eigenvalue weighted by Gasteiger charge is -2.21. The Morgan fingerprint density at radius 3 is 1.89 bits per heavy atom. The van der Waals surface area contributed by atoms with E-state index in [1.54, 1.807) is 59.7 Å². The Labute approximate surface area is 162 Å². The van der Waals surface area contributed by atoms with Crippen molar-refractivity contribution in [3.63, 3.8) is 0 Å². The van der Waals surface area contributed by atoms with Gasteiger partial charge in [0.25, 0.3) is 0 Å². The molecule has 0 aliphatic heterocycles. The van der Waals surface area contributed by atoms with Gasteiger partial charge in [0.2, 0.25) is 0 Å². The molecule has 0 unspecified atom stereocenters. The van der Waals surface area contributed by atoms with Gasteiger partial charge in [0.05, 0.1) is 16.9 Å². The fourth-order valence-corrected chi connectivity index (χ4v) is 1.87. The Balaban J connectivity index is 3.18. The first-order valence-corrected chi connectivity index (χ1v) is 9.21. The predicted octanol–water partition coefficient (Wildman–Crippen LogP) is 3.62. The summed E-state index contributed by atoms with van der Waals surface area (Å²) in [6.45, 7) is 14.8. The van der Waals surface area contributed by atoms with E-state index in [0.29, 0.717) is 12.1 Å². The molecule has 0 amide bonds. The Bertz CT molecular complexity index is 668. The minimum absolute atomic E-state index is 0.119. The number of carbonyl (C=O) groups is 2. The molecule has 0 aliphatic rings. The molecule has 0 aromatic heterocycles. The van der Waals surface area contributed by atoms with E-state index in [9.17, 15) is 14.7 Å². The summed E-state index contributed by atoms with van der Waals surface area (Å²) in [4.78, 5) is 24.6. The lowest BCUT2D eigenvalue weighted by atomic mass is 9.97. The van der Waals surface area contributed by atoms with E-state index in [-0.39, 0.29) is 17.5 Å². The molecule has 0 heterocycles. The van der Waals surface area contributed by atoms with E-state index in [1.807, 2.05) is 13.8 Å². The molecule has 0 radical (unpaired) electrons. The number of benzene rings is 1. The molecule has 6 nitrogen and oxygen atoms in total. The van der Waals surface area contributed by atoms with E-state index in [4.69, 9.17) is 9.47 Å². The molecular formula is C21H33NO5. The highest BCUT2D eigenvalue weighted by molar-refractivity contribution is 5.81. The topological polar surface area (TPSA) is 84.9 Å². The summed E-state index contributed by atoms with van der Waals surface area (Å²) in [7, 11) is 0. The Morgan fingerprint density at radius 2 is 1.44 bits per heavy atom. The molecule has 2 N–H and O–H groups in total. The maximum Gasteiger partial charge on any atom is 0.316 e. The first-order chi connectivity index (χ1) is 12.2. The van der Waals surface area contributed by atoms with Crippen molar-refractivity contribution in [2.75, 3.05) is 6.54 Å². The summed E-state index contributed by atoms with van der Waals surface area (Å²) in [5, 5.41) is 13.5. The van der Waals surface area contributed by atoms with Crippen LogP contribution < -0.4 is 14.8 Å². The van der Waals surface area contributed by atoms with Gasteiger partial charge >= 0.3 is 11.9 Å². The maximum absolute atomic E-state index is 12.3. The SMILES string of the molecule is CC(C)NC[C@H](O)c1ccc(OC(=O)C(C)(C)C)c(OC(=O)C(C)(C)C)c1. The van der Waals surface area contributed by atoms with Crippen LogP contribution in [-0.4, -0.2) is 29.6 Å². The third-order valence-corrected chi connectivity index (χ3v) is 3.70. The van der Waals surface area contributed by atoms with Crippen LogP contribution in [0.3, 0.4) is 0 Å². The number of carbonyl (C=O) groups excluding carboxylic acids is 2. The number of nitrogens with one attached hydrogen (secondary N) is 1. The maximum atomic E-state index is 12.3. The number of aliphatic hydroxyl groups is 1. The second-order valence-electron chi connectivity index (χ2n) is 9.06. The summed E-state index contributed by atoms with van der Waals surface area (Å²) in [6.07, 6.45) is -0.785. The zero-order valence-electron chi connectivity index (χ0n) is 17.7. The van der Waals surface area contributed by atoms with Crippen molar-refractivity contribution in [2.24, 2.45) is 10.8 Å². The molecule has 0 saturated carbocycles. The fraction of sp³-hybridized carbons (Fsp3) is 0.619. The van der Waals surface area contributed by atoms with E-state index in [0.717, 1.165) is 0 Å². The van der Waals surface area contributed by atoms with Gasteiger partial charge in [-0.1, -0.05) is 19.9 Å². The van der Waals surface area contributed by atoms with Gasteiger partial charge in [-0.2, -0.15) is 0 Å². The molecule has 0 aliphatic carbocycles. The highest BCUT2D eigenvalue weighted by Gasteiger charge is 2.28. The number of rotatable bonds is 6. The van der Waals surface area contributed by atoms with Crippen molar-refractivity contribution in [3.8, 4) is 11.5 Å². The Hall–Kier alpha value is -1.92. The molecule has 152 valence electrons. The van der Waals surface area contributed by atoms with Gasteiger partial charge in [0.15, 0.2) is 11.5 Å². The van der Waals surface area contributed by atoms with Crippen molar-refractivity contribution in [1.82, 2.24) is 5.32 Å².